The number of aliphatic hydroxyl groups is 2. The minimum Gasteiger partial charge on any atom is -0.396 e. The van der Waals surface area contributed by atoms with E-state index in [0.29, 0.717) is 29.2 Å². The predicted octanol–water partition coefficient (Wildman–Crippen LogP) is 7.07. The van der Waals surface area contributed by atoms with Gasteiger partial charge >= 0.3 is 6.18 Å². The van der Waals surface area contributed by atoms with E-state index in [1.54, 1.807) is 24.3 Å². The second-order valence-electron chi connectivity index (χ2n) is 7.40. The van der Waals surface area contributed by atoms with Gasteiger partial charge in [0.15, 0.2) is 0 Å². The highest BCUT2D eigenvalue weighted by atomic mass is 19.4. The Morgan fingerprint density at radius 3 is 1.33 bits per heavy atom. The first-order valence-corrected chi connectivity index (χ1v) is 10.3. The molecule has 3 aromatic carbocycles. The number of alkyl halides is 3. The number of halogens is 3. The van der Waals surface area contributed by atoms with Crippen molar-refractivity contribution in [3.63, 3.8) is 0 Å². The molecule has 9 heteroatoms. The molecule has 33 heavy (non-hydrogen) atoms. The largest absolute Gasteiger partial charge is 0.416 e. The first-order valence-electron chi connectivity index (χ1n) is 10.3. The van der Waals surface area contributed by atoms with E-state index in [-0.39, 0.29) is 19.1 Å². The number of hydrogen-bond acceptors (Lipinski definition) is 6. The predicted molar refractivity (Wildman–Crippen MR) is 119 cm³/mol. The van der Waals surface area contributed by atoms with Crippen molar-refractivity contribution in [2.24, 2.45) is 26.4 Å². The van der Waals surface area contributed by atoms with Gasteiger partial charge in [-0.05, 0) is 79.1 Å². The van der Waals surface area contributed by atoms with Crippen LogP contribution in [0.3, 0.4) is 0 Å². The molecule has 3 aromatic rings. The molecule has 0 radical (unpaired) electrons. The van der Waals surface area contributed by atoms with Gasteiger partial charge < -0.3 is 10.2 Å². The zero-order valence-electron chi connectivity index (χ0n) is 17.7. The van der Waals surface area contributed by atoms with Crippen molar-refractivity contribution in [1.82, 2.24) is 0 Å². The summed E-state index contributed by atoms with van der Waals surface area (Å²) >= 11 is 0. The lowest BCUT2D eigenvalue weighted by Gasteiger charge is -2.10. The molecule has 0 unspecified atom stereocenters. The quantitative estimate of drug-likeness (QED) is 0.337. The maximum Gasteiger partial charge on any atom is 0.416 e. The second kappa shape index (κ2) is 11.4. The number of benzene rings is 3. The summed E-state index contributed by atoms with van der Waals surface area (Å²) in [5, 5.41) is 34.6. The zero-order valence-corrected chi connectivity index (χ0v) is 17.7. The molecule has 0 heterocycles. The van der Waals surface area contributed by atoms with Gasteiger partial charge in [-0.25, -0.2) is 0 Å². The van der Waals surface area contributed by atoms with Gasteiger partial charge in [0.05, 0.1) is 28.3 Å². The lowest BCUT2D eigenvalue weighted by atomic mass is 10.0. The number of aryl methyl sites for hydroxylation is 1. The highest BCUT2D eigenvalue weighted by molar-refractivity contribution is 5.48. The van der Waals surface area contributed by atoms with E-state index in [0.717, 1.165) is 24.1 Å². The fourth-order valence-electron chi connectivity index (χ4n) is 2.87. The third-order valence-corrected chi connectivity index (χ3v) is 4.90. The molecular formula is C24H23F3N4O2. The molecule has 0 fully saturated rings. The Hall–Kier alpha value is -3.43. The minimum atomic E-state index is -4.38. The summed E-state index contributed by atoms with van der Waals surface area (Å²) < 4.78 is 37.8. The molecule has 6 nitrogen and oxygen atoms in total. The van der Waals surface area contributed by atoms with Crippen molar-refractivity contribution < 1.29 is 23.4 Å². The Kier molecular flexibility index (Phi) is 8.39. The molecule has 0 amide bonds. The normalized spacial score (nSPS) is 12.3. The van der Waals surface area contributed by atoms with E-state index in [9.17, 15) is 13.2 Å². The molecule has 0 bridgehead atoms. The van der Waals surface area contributed by atoms with Gasteiger partial charge in [0.25, 0.3) is 0 Å². The van der Waals surface area contributed by atoms with Crippen molar-refractivity contribution in [2.45, 2.75) is 19.0 Å². The number of hydrogen-bond donors (Lipinski definition) is 2. The van der Waals surface area contributed by atoms with Crippen LogP contribution in [0.2, 0.25) is 0 Å². The van der Waals surface area contributed by atoms with Crippen LogP contribution >= 0.6 is 0 Å². The van der Waals surface area contributed by atoms with Crippen LogP contribution in [-0.2, 0) is 12.6 Å². The molecule has 0 aliphatic carbocycles. The summed E-state index contributed by atoms with van der Waals surface area (Å²) in [5.74, 6) is -0.109. The van der Waals surface area contributed by atoms with Crippen LogP contribution in [0.15, 0.2) is 93.3 Å². The third kappa shape index (κ3) is 7.58. The molecule has 0 atom stereocenters. The summed E-state index contributed by atoms with van der Waals surface area (Å²) in [4.78, 5) is 0. The van der Waals surface area contributed by atoms with E-state index in [2.05, 4.69) is 20.5 Å². The number of rotatable bonds is 9. The molecule has 0 saturated heterocycles. The fraction of sp³-hybridized carbons (Fsp3) is 0.250. The lowest BCUT2D eigenvalue weighted by molar-refractivity contribution is -0.137. The van der Waals surface area contributed by atoms with Crippen LogP contribution < -0.4 is 0 Å². The average molecular weight is 456 g/mol. The molecule has 0 aliphatic rings. The van der Waals surface area contributed by atoms with Crippen LogP contribution in [-0.4, -0.2) is 23.4 Å². The molecule has 0 saturated carbocycles. The van der Waals surface area contributed by atoms with E-state index in [1.807, 2.05) is 24.3 Å². The topological polar surface area (TPSA) is 89.9 Å². The highest BCUT2D eigenvalue weighted by Gasteiger charge is 2.29. The Bertz CT molecular complexity index is 1060. The second-order valence-corrected chi connectivity index (χ2v) is 7.40. The van der Waals surface area contributed by atoms with Crippen molar-refractivity contribution in [3.05, 3.63) is 83.9 Å². The summed E-state index contributed by atoms with van der Waals surface area (Å²) in [5.41, 5.74) is 2.50. The molecule has 0 spiro atoms. The summed E-state index contributed by atoms with van der Waals surface area (Å²) in [6.45, 7) is -0.0595. The monoisotopic (exact) mass is 456 g/mol. The molecule has 0 aliphatic heterocycles. The van der Waals surface area contributed by atoms with Crippen molar-refractivity contribution in [1.29, 1.82) is 0 Å². The van der Waals surface area contributed by atoms with Crippen LogP contribution in [0.5, 0.6) is 0 Å². The Balaban J connectivity index is 1.55. The van der Waals surface area contributed by atoms with Crippen LogP contribution in [0.4, 0.5) is 35.9 Å². The van der Waals surface area contributed by atoms with Gasteiger partial charge in [0, 0.05) is 19.1 Å². The Morgan fingerprint density at radius 2 is 0.970 bits per heavy atom. The van der Waals surface area contributed by atoms with Crippen LogP contribution in [0.1, 0.15) is 17.5 Å². The van der Waals surface area contributed by atoms with E-state index in [1.165, 1.54) is 12.1 Å². The SMILES string of the molecule is OCC(CO)CCc1ccc(N=Nc2ccc(N=Nc3ccc(C(F)(F)F)cc3)cc2)cc1. The van der Waals surface area contributed by atoms with Gasteiger partial charge in [-0.15, -0.1) is 0 Å². The van der Waals surface area contributed by atoms with E-state index in [4.69, 9.17) is 10.2 Å². The van der Waals surface area contributed by atoms with Crippen molar-refractivity contribution in [3.8, 4) is 0 Å². The molecule has 3 rings (SSSR count). The third-order valence-electron chi connectivity index (χ3n) is 4.90. The van der Waals surface area contributed by atoms with Gasteiger partial charge in [-0.3, -0.25) is 0 Å². The molecule has 2 N–H and O–H groups in total. The highest BCUT2D eigenvalue weighted by Crippen LogP contribution is 2.31. The molecular weight excluding hydrogens is 433 g/mol. The zero-order chi connectivity index (χ0) is 23.7. The maximum atomic E-state index is 12.6. The van der Waals surface area contributed by atoms with E-state index >= 15 is 0 Å². The summed E-state index contributed by atoms with van der Waals surface area (Å²) in [7, 11) is 0. The van der Waals surface area contributed by atoms with Crippen LogP contribution in [0, 0.1) is 5.92 Å². The molecule has 172 valence electrons. The molecule has 0 aromatic heterocycles. The number of nitrogens with zero attached hydrogens (tertiary/aromatic N) is 4. The lowest BCUT2D eigenvalue weighted by Crippen LogP contribution is -2.11. The van der Waals surface area contributed by atoms with Gasteiger partial charge in [0.1, 0.15) is 0 Å². The Labute approximate surface area is 189 Å². The standard InChI is InChI=1S/C24H23F3N4O2/c25-24(26,27)19-5-9-21(10-6-19)29-31-23-13-11-22(12-14-23)30-28-20-7-3-17(4-8-20)1-2-18(15-32)16-33/h3-14,18,32-33H,1-2,15-16H2. The minimum absolute atomic E-state index is 0.0297. The smallest absolute Gasteiger partial charge is 0.396 e. The fourth-order valence-corrected chi connectivity index (χ4v) is 2.87. The van der Waals surface area contributed by atoms with E-state index < -0.39 is 11.7 Å². The average Bonchev–Trinajstić information content (AvgIpc) is 2.83. The van der Waals surface area contributed by atoms with Crippen LogP contribution in [0.25, 0.3) is 0 Å². The van der Waals surface area contributed by atoms with Gasteiger partial charge in [-0.2, -0.15) is 33.6 Å². The number of azo groups is 2. The van der Waals surface area contributed by atoms with Gasteiger partial charge in [0.2, 0.25) is 0 Å². The van der Waals surface area contributed by atoms with Gasteiger partial charge in [-0.1, -0.05) is 12.1 Å². The van der Waals surface area contributed by atoms with Crippen molar-refractivity contribution in [2.75, 3.05) is 13.2 Å². The van der Waals surface area contributed by atoms with Crippen molar-refractivity contribution >= 4 is 22.7 Å². The summed E-state index contributed by atoms with van der Waals surface area (Å²) in [6, 6.07) is 18.8. The maximum absolute atomic E-state index is 12.6. The number of aliphatic hydroxyl groups excluding tert-OH is 2. The summed E-state index contributed by atoms with van der Waals surface area (Å²) in [6.07, 6.45) is -2.92. The Morgan fingerprint density at radius 1 is 0.606 bits per heavy atom. The first kappa shape index (κ1) is 24.2. The first-order chi connectivity index (χ1) is 15.9.